The first-order valence-electron chi connectivity index (χ1n) is 5.80. The van der Waals surface area contributed by atoms with Gasteiger partial charge >= 0.3 is 0 Å². The third-order valence-corrected chi connectivity index (χ3v) is 4.91. The molecule has 0 N–H and O–H groups in total. The van der Waals surface area contributed by atoms with Crippen LogP contribution >= 0.6 is 0 Å². The van der Waals surface area contributed by atoms with Crippen molar-refractivity contribution < 1.29 is 4.79 Å². The van der Waals surface area contributed by atoms with E-state index in [1.165, 1.54) is 38.5 Å². The van der Waals surface area contributed by atoms with Crippen molar-refractivity contribution in [3.63, 3.8) is 0 Å². The van der Waals surface area contributed by atoms with Crippen LogP contribution in [0.5, 0.6) is 0 Å². The van der Waals surface area contributed by atoms with Gasteiger partial charge in [0.25, 0.3) is 0 Å². The van der Waals surface area contributed by atoms with E-state index in [1.807, 2.05) is 0 Å². The standard InChI is InChI=1S/C12H18O/c13-11-2-1-10(7-11)12-5-3-9(8-12)4-6-12/h9-10H,1-8H2. The maximum atomic E-state index is 11.3. The number of Topliss-reactive ketones (excluding diaryl/α,β-unsaturated/α-hetero) is 1. The van der Waals surface area contributed by atoms with Gasteiger partial charge in [0, 0.05) is 12.8 Å². The smallest absolute Gasteiger partial charge is 0.133 e. The van der Waals surface area contributed by atoms with E-state index in [2.05, 4.69) is 0 Å². The fourth-order valence-electron chi connectivity index (χ4n) is 4.15. The topological polar surface area (TPSA) is 17.1 Å². The molecule has 3 aliphatic carbocycles. The number of ketones is 1. The summed E-state index contributed by atoms with van der Waals surface area (Å²) in [4.78, 5) is 11.3. The van der Waals surface area contributed by atoms with Crippen LogP contribution in [0.3, 0.4) is 0 Å². The highest BCUT2D eigenvalue weighted by molar-refractivity contribution is 5.80. The second-order valence-corrected chi connectivity index (χ2v) is 5.49. The molecule has 1 nitrogen and oxygen atoms in total. The first kappa shape index (κ1) is 8.02. The van der Waals surface area contributed by atoms with Gasteiger partial charge in [0.2, 0.25) is 0 Å². The number of fused-ring (bicyclic) bond motifs is 2. The molecule has 2 bridgehead atoms. The maximum Gasteiger partial charge on any atom is 0.133 e. The minimum atomic E-state index is 0.537. The second-order valence-electron chi connectivity index (χ2n) is 5.49. The van der Waals surface area contributed by atoms with Crippen molar-refractivity contribution in [1.82, 2.24) is 0 Å². The largest absolute Gasteiger partial charge is 0.300 e. The molecule has 0 radical (unpaired) electrons. The molecule has 0 aliphatic heterocycles. The van der Waals surface area contributed by atoms with Gasteiger partial charge in [-0.05, 0) is 55.8 Å². The van der Waals surface area contributed by atoms with Crippen LogP contribution in [0.15, 0.2) is 0 Å². The van der Waals surface area contributed by atoms with E-state index in [4.69, 9.17) is 0 Å². The van der Waals surface area contributed by atoms with E-state index in [1.54, 1.807) is 0 Å². The minimum Gasteiger partial charge on any atom is -0.300 e. The lowest BCUT2D eigenvalue weighted by molar-refractivity contribution is -0.117. The molecule has 3 saturated carbocycles. The predicted molar refractivity (Wildman–Crippen MR) is 51.4 cm³/mol. The molecular weight excluding hydrogens is 160 g/mol. The molecule has 72 valence electrons. The van der Waals surface area contributed by atoms with Crippen molar-refractivity contribution in [3.05, 3.63) is 0 Å². The second kappa shape index (κ2) is 2.59. The summed E-state index contributed by atoms with van der Waals surface area (Å²) in [5, 5.41) is 0. The summed E-state index contributed by atoms with van der Waals surface area (Å²) in [6.45, 7) is 0. The van der Waals surface area contributed by atoms with Gasteiger partial charge in [-0.2, -0.15) is 0 Å². The Bertz CT molecular complexity index is 236. The number of carbonyl (C=O) groups is 1. The summed E-state index contributed by atoms with van der Waals surface area (Å²) in [6.07, 6.45) is 10.3. The summed E-state index contributed by atoms with van der Waals surface area (Å²) in [5.74, 6) is 2.36. The van der Waals surface area contributed by atoms with Crippen molar-refractivity contribution in [1.29, 1.82) is 0 Å². The molecule has 0 aromatic heterocycles. The quantitative estimate of drug-likeness (QED) is 0.603. The monoisotopic (exact) mass is 178 g/mol. The Kier molecular flexibility index (Phi) is 1.59. The van der Waals surface area contributed by atoms with E-state index < -0.39 is 0 Å². The number of hydrogen-bond acceptors (Lipinski definition) is 1. The molecular formula is C12H18O. The summed E-state index contributed by atoms with van der Waals surface area (Å²) < 4.78 is 0. The summed E-state index contributed by atoms with van der Waals surface area (Å²) in [7, 11) is 0. The number of rotatable bonds is 1. The van der Waals surface area contributed by atoms with Crippen LogP contribution in [-0.4, -0.2) is 5.78 Å². The summed E-state index contributed by atoms with van der Waals surface area (Å²) in [6, 6.07) is 0. The first-order valence-corrected chi connectivity index (χ1v) is 5.80. The normalized spacial score (nSPS) is 49.1. The van der Waals surface area contributed by atoms with Crippen LogP contribution in [0.4, 0.5) is 0 Å². The molecule has 1 unspecified atom stereocenters. The van der Waals surface area contributed by atoms with Crippen LogP contribution < -0.4 is 0 Å². The van der Waals surface area contributed by atoms with Gasteiger partial charge < -0.3 is 0 Å². The molecule has 0 spiro atoms. The highest BCUT2D eigenvalue weighted by Crippen LogP contribution is 2.60. The lowest BCUT2D eigenvalue weighted by Gasteiger charge is -2.32. The van der Waals surface area contributed by atoms with Crippen molar-refractivity contribution in [2.75, 3.05) is 0 Å². The van der Waals surface area contributed by atoms with Gasteiger partial charge in [-0.15, -0.1) is 0 Å². The lowest BCUT2D eigenvalue weighted by Crippen LogP contribution is -2.24. The highest BCUT2D eigenvalue weighted by atomic mass is 16.1. The Hall–Kier alpha value is -0.330. The van der Waals surface area contributed by atoms with Crippen LogP contribution in [0.1, 0.15) is 51.4 Å². The van der Waals surface area contributed by atoms with Crippen molar-refractivity contribution in [2.24, 2.45) is 17.3 Å². The Morgan fingerprint density at radius 2 is 1.92 bits per heavy atom. The van der Waals surface area contributed by atoms with Crippen LogP contribution in [-0.2, 0) is 4.79 Å². The average Bonchev–Trinajstić information content (AvgIpc) is 2.77. The lowest BCUT2D eigenvalue weighted by atomic mass is 9.72. The van der Waals surface area contributed by atoms with Crippen LogP contribution in [0.25, 0.3) is 0 Å². The Morgan fingerprint density at radius 3 is 2.38 bits per heavy atom. The van der Waals surface area contributed by atoms with E-state index >= 15 is 0 Å². The van der Waals surface area contributed by atoms with Gasteiger partial charge in [-0.1, -0.05) is 0 Å². The molecule has 3 aliphatic rings. The zero-order valence-corrected chi connectivity index (χ0v) is 8.22. The van der Waals surface area contributed by atoms with Gasteiger partial charge in [0.05, 0.1) is 0 Å². The van der Waals surface area contributed by atoms with E-state index in [9.17, 15) is 4.79 Å². The first-order chi connectivity index (χ1) is 6.28. The number of hydrogen-bond donors (Lipinski definition) is 0. The third-order valence-electron chi connectivity index (χ3n) is 4.91. The Labute approximate surface area is 79.9 Å². The van der Waals surface area contributed by atoms with Crippen molar-refractivity contribution >= 4 is 5.78 Å². The molecule has 0 heterocycles. The van der Waals surface area contributed by atoms with E-state index in [0.717, 1.165) is 24.7 Å². The highest BCUT2D eigenvalue weighted by Gasteiger charge is 2.50. The third kappa shape index (κ3) is 1.09. The molecule has 3 rings (SSSR count). The molecule has 1 heteroatoms. The van der Waals surface area contributed by atoms with Crippen LogP contribution in [0, 0.1) is 17.3 Å². The zero-order chi connectivity index (χ0) is 8.89. The number of carbonyl (C=O) groups excluding carboxylic acids is 1. The van der Waals surface area contributed by atoms with E-state index in [-0.39, 0.29) is 0 Å². The van der Waals surface area contributed by atoms with Crippen molar-refractivity contribution in [3.8, 4) is 0 Å². The molecule has 0 amide bonds. The zero-order valence-electron chi connectivity index (χ0n) is 8.22. The minimum absolute atomic E-state index is 0.537. The van der Waals surface area contributed by atoms with Crippen LogP contribution in [0.2, 0.25) is 0 Å². The van der Waals surface area contributed by atoms with Gasteiger partial charge in [-0.3, -0.25) is 4.79 Å². The maximum absolute atomic E-state index is 11.3. The molecule has 1 atom stereocenters. The fourth-order valence-corrected chi connectivity index (χ4v) is 4.15. The molecule has 0 aromatic rings. The molecule has 3 fully saturated rings. The Balaban J connectivity index is 1.80. The predicted octanol–water partition coefficient (Wildman–Crippen LogP) is 2.94. The van der Waals surface area contributed by atoms with Gasteiger partial charge in [-0.25, -0.2) is 0 Å². The average molecular weight is 178 g/mol. The van der Waals surface area contributed by atoms with Crippen molar-refractivity contribution in [2.45, 2.75) is 51.4 Å². The summed E-state index contributed by atoms with van der Waals surface area (Å²) in [5.41, 5.74) is 0.650. The fraction of sp³-hybridized carbons (Fsp3) is 0.917. The molecule has 0 saturated heterocycles. The molecule has 13 heavy (non-hydrogen) atoms. The van der Waals surface area contributed by atoms with Gasteiger partial charge in [0.15, 0.2) is 0 Å². The Morgan fingerprint density at radius 1 is 1.15 bits per heavy atom. The molecule has 0 aromatic carbocycles. The SMILES string of the molecule is O=C1CCC(C23CCC(CC2)C3)C1. The van der Waals surface area contributed by atoms with E-state index in [0.29, 0.717) is 11.2 Å². The van der Waals surface area contributed by atoms with Gasteiger partial charge in [0.1, 0.15) is 5.78 Å². The summed E-state index contributed by atoms with van der Waals surface area (Å²) >= 11 is 0.